The Balaban J connectivity index is 1.42. The summed E-state index contributed by atoms with van der Waals surface area (Å²) < 4.78 is 10.5. The van der Waals surface area contributed by atoms with E-state index in [1.807, 2.05) is 6.07 Å². The highest BCUT2D eigenvalue weighted by atomic mass is 16.5. The van der Waals surface area contributed by atoms with Crippen LogP contribution in [0, 0.1) is 0 Å². The van der Waals surface area contributed by atoms with Crippen LogP contribution in [0.5, 0.6) is 5.75 Å². The SMILES string of the molecule is COc1ccc2c(c1)C(=O)N(CC1(c3ccc(C(=O)N4CCOCC4)cc3)NC(=O)NC1=O)C2. The predicted molar refractivity (Wildman–Crippen MR) is 119 cm³/mol. The largest absolute Gasteiger partial charge is 0.497 e. The van der Waals surface area contributed by atoms with E-state index < -0.39 is 17.5 Å². The molecular weight excluding hydrogens is 440 g/mol. The zero-order valence-corrected chi connectivity index (χ0v) is 18.6. The monoisotopic (exact) mass is 464 g/mol. The molecule has 10 nitrogen and oxygen atoms in total. The van der Waals surface area contributed by atoms with E-state index in [2.05, 4.69) is 10.6 Å². The van der Waals surface area contributed by atoms with Crippen LogP contribution in [-0.2, 0) is 21.6 Å². The summed E-state index contributed by atoms with van der Waals surface area (Å²) in [5, 5.41) is 5.00. The molecule has 3 aliphatic heterocycles. The van der Waals surface area contributed by atoms with Crippen molar-refractivity contribution in [3.8, 4) is 5.75 Å². The van der Waals surface area contributed by atoms with Gasteiger partial charge in [0.05, 0.1) is 26.9 Å². The quantitative estimate of drug-likeness (QED) is 0.634. The standard InChI is InChI=1S/C24H24N4O6/c1-33-18-7-4-16-13-28(21(30)19(16)12-18)14-24(22(31)25-23(32)26-24)17-5-2-15(3-6-17)20(29)27-8-10-34-11-9-27/h2-7,12H,8-11,13-14H2,1H3,(H2,25,26,31,32). The Bertz CT molecular complexity index is 1170. The number of fused-ring (bicyclic) bond motifs is 1. The molecule has 3 aliphatic rings. The number of nitrogens with zero attached hydrogens (tertiary/aromatic N) is 2. The molecule has 0 saturated carbocycles. The fourth-order valence-corrected chi connectivity index (χ4v) is 4.63. The third kappa shape index (κ3) is 3.65. The third-order valence-electron chi connectivity index (χ3n) is 6.49. The van der Waals surface area contributed by atoms with E-state index in [9.17, 15) is 19.2 Å². The lowest BCUT2D eigenvalue weighted by Gasteiger charge is -2.31. The molecule has 1 atom stereocenters. The molecule has 5 amide bonds. The summed E-state index contributed by atoms with van der Waals surface area (Å²) in [6, 6.07) is 11.2. The average Bonchev–Trinajstić information content (AvgIpc) is 3.33. The Morgan fingerprint density at radius 1 is 1.09 bits per heavy atom. The molecule has 2 fully saturated rings. The molecule has 0 aliphatic carbocycles. The lowest BCUT2D eigenvalue weighted by Crippen LogP contribution is -2.52. The van der Waals surface area contributed by atoms with Crippen LogP contribution < -0.4 is 15.4 Å². The number of imide groups is 1. The van der Waals surface area contributed by atoms with Gasteiger partial charge in [-0.2, -0.15) is 0 Å². The second-order valence-electron chi connectivity index (χ2n) is 8.48. The molecule has 0 spiro atoms. The Morgan fingerprint density at radius 2 is 1.82 bits per heavy atom. The summed E-state index contributed by atoms with van der Waals surface area (Å²) in [6.07, 6.45) is 0. The first-order valence-electron chi connectivity index (χ1n) is 11.0. The van der Waals surface area contributed by atoms with Crippen molar-refractivity contribution < 1.29 is 28.7 Å². The van der Waals surface area contributed by atoms with Crippen LogP contribution in [0.1, 0.15) is 31.8 Å². The fourth-order valence-electron chi connectivity index (χ4n) is 4.63. The van der Waals surface area contributed by atoms with Gasteiger partial charge in [0.1, 0.15) is 5.75 Å². The van der Waals surface area contributed by atoms with Gasteiger partial charge in [-0.05, 0) is 35.4 Å². The number of nitrogens with one attached hydrogen (secondary N) is 2. The Kier molecular flexibility index (Phi) is 5.45. The van der Waals surface area contributed by atoms with Crippen LogP contribution >= 0.6 is 0 Å². The van der Waals surface area contributed by atoms with E-state index in [0.717, 1.165) is 5.56 Å². The number of carbonyl (C=O) groups is 4. The summed E-state index contributed by atoms with van der Waals surface area (Å²) >= 11 is 0. The van der Waals surface area contributed by atoms with Gasteiger partial charge in [-0.25, -0.2) is 4.79 Å². The zero-order chi connectivity index (χ0) is 23.9. The summed E-state index contributed by atoms with van der Waals surface area (Å²) in [5.41, 5.74) is 0.806. The van der Waals surface area contributed by atoms with Crippen molar-refractivity contribution in [2.24, 2.45) is 0 Å². The van der Waals surface area contributed by atoms with Gasteiger partial charge in [-0.15, -0.1) is 0 Å². The first-order valence-corrected chi connectivity index (χ1v) is 11.0. The predicted octanol–water partition coefficient (Wildman–Crippen LogP) is 0.858. The molecule has 3 heterocycles. The van der Waals surface area contributed by atoms with Crippen molar-refractivity contribution in [1.29, 1.82) is 0 Å². The smallest absolute Gasteiger partial charge is 0.322 e. The van der Waals surface area contributed by atoms with Gasteiger partial charge in [-0.1, -0.05) is 18.2 Å². The third-order valence-corrected chi connectivity index (χ3v) is 6.49. The molecule has 0 aromatic heterocycles. The van der Waals surface area contributed by atoms with E-state index in [0.29, 0.717) is 55.3 Å². The molecule has 10 heteroatoms. The summed E-state index contributed by atoms with van der Waals surface area (Å²) in [7, 11) is 1.53. The maximum absolute atomic E-state index is 13.1. The summed E-state index contributed by atoms with van der Waals surface area (Å²) in [6.45, 7) is 2.28. The molecule has 2 N–H and O–H groups in total. The van der Waals surface area contributed by atoms with E-state index >= 15 is 0 Å². The van der Waals surface area contributed by atoms with Gasteiger partial charge in [0.15, 0.2) is 5.54 Å². The number of ether oxygens (including phenoxy) is 2. The van der Waals surface area contributed by atoms with Gasteiger partial charge in [-0.3, -0.25) is 19.7 Å². The number of amides is 5. The Labute approximate surface area is 195 Å². The number of hydrogen-bond acceptors (Lipinski definition) is 6. The highest BCUT2D eigenvalue weighted by Crippen LogP contribution is 2.32. The van der Waals surface area contributed by atoms with Crippen LogP contribution in [0.2, 0.25) is 0 Å². The second-order valence-corrected chi connectivity index (χ2v) is 8.48. The molecule has 0 bridgehead atoms. The molecule has 1 unspecified atom stereocenters. The molecule has 2 aromatic rings. The number of morpholine rings is 1. The number of carbonyl (C=O) groups excluding carboxylic acids is 4. The van der Waals surface area contributed by atoms with Crippen molar-refractivity contribution in [1.82, 2.24) is 20.4 Å². The Hall–Kier alpha value is -3.92. The molecule has 34 heavy (non-hydrogen) atoms. The fraction of sp³-hybridized carbons (Fsp3) is 0.333. The first-order chi connectivity index (χ1) is 16.4. The normalized spacial score (nSPS) is 21.9. The van der Waals surface area contributed by atoms with E-state index in [-0.39, 0.29) is 18.4 Å². The van der Waals surface area contributed by atoms with Crippen LogP contribution in [-0.4, -0.2) is 73.5 Å². The highest BCUT2D eigenvalue weighted by molar-refractivity contribution is 6.08. The van der Waals surface area contributed by atoms with Gasteiger partial charge >= 0.3 is 6.03 Å². The minimum Gasteiger partial charge on any atom is -0.497 e. The lowest BCUT2D eigenvalue weighted by molar-refractivity contribution is -0.124. The number of urea groups is 1. The van der Waals surface area contributed by atoms with Gasteiger partial charge in [0, 0.05) is 30.8 Å². The van der Waals surface area contributed by atoms with Crippen molar-refractivity contribution >= 4 is 23.8 Å². The molecular formula is C24H24N4O6. The first kappa shape index (κ1) is 21.9. The van der Waals surface area contributed by atoms with Crippen LogP contribution in [0.25, 0.3) is 0 Å². The van der Waals surface area contributed by atoms with Crippen LogP contribution in [0.4, 0.5) is 4.79 Å². The maximum Gasteiger partial charge on any atom is 0.322 e. The number of methoxy groups -OCH3 is 1. The van der Waals surface area contributed by atoms with Crippen molar-refractivity contribution in [2.75, 3.05) is 40.0 Å². The molecule has 2 aromatic carbocycles. The van der Waals surface area contributed by atoms with Crippen LogP contribution in [0.3, 0.4) is 0 Å². The topological polar surface area (TPSA) is 117 Å². The van der Waals surface area contributed by atoms with Crippen LogP contribution in [0.15, 0.2) is 42.5 Å². The highest BCUT2D eigenvalue weighted by Gasteiger charge is 2.50. The van der Waals surface area contributed by atoms with E-state index in [1.165, 1.54) is 12.0 Å². The molecule has 2 saturated heterocycles. The molecule has 176 valence electrons. The Morgan fingerprint density at radius 3 is 2.47 bits per heavy atom. The minimum absolute atomic E-state index is 0.0584. The maximum atomic E-state index is 13.1. The number of hydrogen-bond donors (Lipinski definition) is 2. The van der Waals surface area contributed by atoms with Gasteiger partial charge in [0.2, 0.25) is 0 Å². The lowest BCUT2D eigenvalue weighted by atomic mass is 9.88. The second kappa shape index (κ2) is 8.45. The van der Waals surface area contributed by atoms with E-state index in [4.69, 9.17) is 9.47 Å². The minimum atomic E-state index is -1.47. The number of rotatable bonds is 5. The van der Waals surface area contributed by atoms with Crippen molar-refractivity contribution in [2.45, 2.75) is 12.1 Å². The summed E-state index contributed by atoms with van der Waals surface area (Å²) in [5.74, 6) is -0.355. The van der Waals surface area contributed by atoms with E-state index in [1.54, 1.807) is 41.3 Å². The zero-order valence-electron chi connectivity index (χ0n) is 18.6. The number of benzene rings is 2. The van der Waals surface area contributed by atoms with Crippen molar-refractivity contribution in [3.63, 3.8) is 0 Å². The molecule has 0 radical (unpaired) electrons. The van der Waals surface area contributed by atoms with Gasteiger partial charge in [0.25, 0.3) is 17.7 Å². The summed E-state index contributed by atoms with van der Waals surface area (Å²) in [4.78, 5) is 54.3. The average molecular weight is 464 g/mol. The van der Waals surface area contributed by atoms with Gasteiger partial charge < -0.3 is 24.6 Å². The van der Waals surface area contributed by atoms with Crippen molar-refractivity contribution in [3.05, 3.63) is 64.7 Å². The molecule has 5 rings (SSSR count).